The van der Waals surface area contributed by atoms with Gasteiger partial charge >= 0.3 is 6.18 Å². The molecule has 0 radical (unpaired) electrons. The fourth-order valence-corrected chi connectivity index (χ4v) is 2.92. The molecule has 4 aromatic heterocycles. The van der Waals surface area contributed by atoms with Crippen LogP contribution >= 0.6 is 0 Å². The Kier molecular flexibility index (Phi) is 5.58. The number of halogens is 3. The fourth-order valence-electron chi connectivity index (χ4n) is 2.92. The lowest BCUT2D eigenvalue weighted by molar-refractivity contribution is -0.184. The van der Waals surface area contributed by atoms with E-state index >= 15 is 0 Å². The number of rotatable bonds is 6. The van der Waals surface area contributed by atoms with E-state index in [2.05, 4.69) is 24.9 Å². The minimum atomic E-state index is -4.57. The number of carbonyl (C=O) groups excluding carboxylic acids is 1. The first-order valence-electron chi connectivity index (χ1n) is 9.05. The van der Waals surface area contributed by atoms with Gasteiger partial charge in [-0.05, 0) is 29.8 Å². The minimum absolute atomic E-state index is 0.0727. The lowest BCUT2D eigenvalue weighted by Gasteiger charge is -2.11. The van der Waals surface area contributed by atoms with Gasteiger partial charge in [0.05, 0.1) is 29.4 Å². The van der Waals surface area contributed by atoms with Gasteiger partial charge in [0.15, 0.2) is 12.3 Å². The molecule has 1 amide bonds. The number of fused-ring (bicyclic) bond motifs is 1. The third-order valence-corrected chi connectivity index (χ3v) is 4.27. The SMILES string of the molecule is O=C(NOCC(F)(F)F)c1cc(-c2cccnc2)nc2c1cnn2Cc1cccnc1. The molecule has 0 aliphatic carbocycles. The van der Waals surface area contributed by atoms with Crippen molar-refractivity contribution >= 4 is 16.9 Å². The Morgan fingerprint density at radius 1 is 1.10 bits per heavy atom. The van der Waals surface area contributed by atoms with E-state index < -0.39 is 18.7 Å². The molecule has 4 rings (SSSR count). The monoisotopic (exact) mass is 428 g/mol. The second-order valence-electron chi connectivity index (χ2n) is 6.53. The van der Waals surface area contributed by atoms with Gasteiger partial charge < -0.3 is 0 Å². The first-order valence-corrected chi connectivity index (χ1v) is 9.05. The number of alkyl halides is 3. The number of aromatic nitrogens is 5. The Labute approximate surface area is 173 Å². The van der Waals surface area contributed by atoms with Crippen LogP contribution in [0.2, 0.25) is 0 Å². The van der Waals surface area contributed by atoms with Crippen LogP contribution in [-0.2, 0) is 11.4 Å². The zero-order chi connectivity index (χ0) is 21.8. The van der Waals surface area contributed by atoms with Gasteiger partial charge in [-0.25, -0.2) is 15.1 Å². The normalized spacial score (nSPS) is 11.6. The maximum absolute atomic E-state index is 12.6. The van der Waals surface area contributed by atoms with Crippen LogP contribution in [0, 0.1) is 0 Å². The zero-order valence-electron chi connectivity index (χ0n) is 15.9. The lowest BCUT2D eigenvalue weighted by atomic mass is 10.1. The highest BCUT2D eigenvalue weighted by molar-refractivity contribution is 6.06. The van der Waals surface area contributed by atoms with Crippen LogP contribution in [0.1, 0.15) is 15.9 Å². The Hall–Kier alpha value is -3.86. The van der Waals surface area contributed by atoms with Crippen LogP contribution in [0.25, 0.3) is 22.3 Å². The standard InChI is InChI=1S/C20H15F3N6O2/c21-20(22,23)12-31-28-19(30)15-7-17(14-4-2-6-25-9-14)27-18-16(15)10-26-29(18)11-13-3-1-5-24-8-13/h1-10H,11-12H2,(H,28,30). The molecule has 8 nitrogen and oxygen atoms in total. The van der Waals surface area contributed by atoms with E-state index in [1.54, 1.807) is 47.7 Å². The minimum Gasteiger partial charge on any atom is -0.267 e. The van der Waals surface area contributed by atoms with Gasteiger partial charge in [-0.3, -0.25) is 19.6 Å². The first-order chi connectivity index (χ1) is 14.9. The van der Waals surface area contributed by atoms with Gasteiger partial charge in [-0.1, -0.05) is 6.07 Å². The molecule has 0 aliphatic rings. The molecule has 0 bridgehead atoms. The molecule has 0 atom stereocenters. The Balaban J connectivity index is 1.74. The smallest absolute Gasteiger partial charge is 0.267 e. The maximum Gasteiger partial charge on any atom is 0.414 e. The van der Waals surface area contributed by atoms with E-state index in [0.717, 1.165) is 5.56 Å². The molecule has 0 unspecified atom stereocenters. The van der Waals surface area contributed by atoms with Crippen molar-refractivity contribution in [2.24, 2.45) is 0 Å². The van der Waals surface area contributed by atoms with Gasteiger partial charge in [0.2, 0.25) is 0 Å². The summed E-state index contributed by atoms with van der Waals surface area (Å²) >= 11 is 0. The van der Waals surface area contributed by atoms with Crippen LogP contribution in [0.15, 0.2) is 61.3 Å². The van der Waals surface area contributed by atoms with Gasteiger partial charge in [-0.15, -0.1) is 0 Å². The van der Waals surface area contributed by atoms with E-state index in [1.165, 1.54) is 12.3 Å². The van der Waals surface area contributed by atoms with Crippen molar-refractivity contribution in [3.63, 3.8) is 0 Å². The molecule has 31 heavy (non-hydrogen) atoms. The van der Waals surface area contributed by atoms with E-state index in [4.69, 9.17) is 0 Å². The summed E-state index contributed by atoms with van der Waals surface area (Å²) in [6, 6.07) is 8.57. The summed E-state index contributed by atoms with van der Waals surface area (Å²) in [5.74, 6) is -0.845. The highest BCUT2D eigenvalue weighted by Gasteiger charge is 2.28. The highest BCUT2D eigenvalue weighted by Crippen LogP contribution is 2.25. The average molecular weight is 428 g/mol. The van der Waals surface area contributed by atoms with Crippen molar-refractivity contribution in [3.8, 4) is 11.3 Å². The van der Waals surface area contributed by atoms with E-state index in [0.29, 0.717) is 28.8 Å². The molecule has 4 aromatic rings. The second-order valence-corrected chi connectivity index (χ2v) is 6.53. The summed E-state index contributed by atoms with van der Waals surface area (Å²) < 4.78 is 38.6. The van der Waals surface area contributed by atoms with Crippen molar-refractivity contribution in [3.05, 3.63) is 72.4 Å². The predicted molar refractivity (Wildman–Crippen MR) is 104 cm³/mol. The number of nitrogens with one attached hydrogen (secondary N) is 1. The third kappa shape index (κ3) is 4.83. The molecule has 4 heterocycles. The summed E-state index contributed by atoms with van der Waals surface area (Å²) in [7, 11) is 0. The van der Waals surface area contributed by atoms with E-state index in [1.807, 2.05) is 11.5 Å². The highest BCUT2D eigenvalue weighted by atomic mass is 19.4. The van der Waals surface area contributed by atoms with Crippen molar-refractivity contribution in [1.82, 2.24) is 30.2 Å². The number of hydrogen-bond acceptors (Lipinski definition) is 6. The molecule has 0 aromatic carbocycles. The molecule has 0 saturated heterocycles. The van der Waals surface area contributed by atoms with Crippen molar-refractivity contribution in [2.75, 3.05) is 6.61 Å². The predicted octanol–water partition coefficient (Wildman–Crippen LogP) is 3.16. The quantitative estimate of drug-likeness (QED) is 0.474. The van der Waals surface area contributed by atoms with Crippen molar-refractivity contribution in [2.45, 2.75) is 12.7 Å². The van der Waals surface area contributed by atoms with E-state index in [9.17, 15) is 18.0 Å². The number of nitrogens with zero attached hydrogens (tertiary/aromatic N) is 5. The summed E-state index contributed by atoms with van der Waals surface area (Å²) in [5.41, 5.74) is 4.19. The van der Waals surface area contributed by atoms with Crippen molar-refractivity contribution in [1.29, 1.82) is 0 Å². The topological polar surface area (TPSA) is 94.8 Å². The van der Waals surface area contributed by atoms with Crippen LogP contribution < -0.4 is 5.48 Å². The molecule has 11 heteroatoms. The van der Waals surface area contributed by atoms with Crippen molar-refractivity contribution < 1.29 is 22.8 Å². The Morgan fingerprint density at radius 2 is 1.87 bits per heavy atom. The Morgan fingerprint density at radius 3 is 2.55 bits per heavy atom. The molecular weight excluding hydrogens is 413 g/mol. The zero-order valence-corrected chi connectivity index (χ0v) is 15.9. The number of hydroxylamine groups is 1. The number of amides is 1. The lowest BCUT2D eigenvalue weighted by Crippen LogP contribution is -2.29. The molecule has 0 fully saturated rings. The molecule has 0 spiro atoms. The summed E-state index contributed by atoms with van der Waals surface area (Å²) in [6.45, 7) is -1.27. The van der Waals surface area contributed by atoms with Gasteiger partial charge in [0.25, 0.3) is 5.91 Å². The average Bonchev–Trinajstić information content (AvgIpc) is 3.16. The molecule has 0 saturated carbocycles. The molecular formula is C20H15F3N6O2. The maximum atomic E-state index is 12.6. The number of hydrogen-bond donors (Lipinski definition) is 1. The van der Waals surface area contributed by atoms with Crippen LogP contribution in [0.4, 0.5) is 13.2 Å². The van der Waals surface area contributed by atoms with Gasteiger partial charge in [0.1, 0.15) is 0 Å². The van der Waals surface area contributed by atoms with Gasteiger partial charge in [-0.2, -0.15) is 18.3 Å². The summed E-state index contributed by atoms with van der Waals surface area (Å²) in [5, 5.41) is 4.66. The Bertz CT molecular complexity index is 1200. The number of pyridine rings is 3. The number of carbonyl (C=O) groups is 1. The van der Waals surface area contributed by atoms with Crippen LogP contribution in [0.5, 0.6) is 0 Å². The summed E-state index contributed by atoms with van der Waals surface area (Å²) in [6.07, 6.45) is 3.34. The third-order valence-electron chi connectivity index (χ3n) is 4.27. The molecule has 0 aliphatic heterocycles. The molecule has 158 valence electrons. The summed E-state index contributed by atoms with van der Waals surface area (Å²) in [4.78, 5) is 29.6. The van der Waals surface area contributed by atoms with Crippen LogP contribution in [-0.4, -0.2) is 43.4 Å². The molecule has 1 N–H and O–H groups in total. The largest absolute Gasteiger partial charge is 0.414 e. The van der Waals surface area contributed by atoms with E-state index in [-0.39, 0.29) is 5.56 Å². The van der Waals surface area contributed by atoms with Gasteiger partial charge in [0, 0.05) is 30.4 Å². The fraction of sp³-hybridized carbons (Fsp3) is 0.150. The second kappa shape index (κ2) is 8.48. The van der Waals surface area contributed by atoms with Crippen LogP contribution in [0.3, 0.4) is 0 Å². The first kappa shape index (κ1) is 20.4.